The maximum absolute atomic E-state index is 14.6. The summed E-state index contributed by atoms with van der Waals surface area (Å²) in [6.07, 6.45) is 2.93. The van der Waals surface area contributed by atoms with Gasteiger partial charge in [-0.3, -0.25) is 0 Å². The molecule has 0 amide bonds. The van der Waals surface area contributed by atoms with E-state index in [1.54, 1.807) is 18.0 Å². The van der Waals surface area contributed by atoms with Crippen LogP contribution >= 0.6 is 0 Å². The molecule has 0 N–H and O–H groups in total. The zero-order valence-corrected chi connectivity index (χ0v) is 15.9. The third-order valence-corrected chi connectivity index (χ3v) is 4.93. The topological polar surface area (TPSA) is 58.4 Å². The van der Waals surface area contributed by atoms with Crippen LogP contribution in [0.15, 0.2) is 30.1 Å². The van der Waals surface area contributed by atoms with Gasteiger partial charge in [-0.25, -0.2) is 9.07 Å². The molecule has 6 nitrogen and oxygen atoms in total. The maximum atomic E-state index is 14.6. The van der Waals surface area contributed by atoms with Gasteiger partial charge in [0.25, 0.3) is 0 Å². The van der Waals surface area contributed by atoms with Gasteiger partial charge in [0.05, 0.1) is 30.2 Å². The highest BCUT2D eigenvalue weighted by molar-refractivity contribution is 6.54. The summed E-state index contributed by atoms with van der Waals surface area (Å²) in [5.74, 6) is 0.762. The Labute approximate surface area is 153 Å². The zero-order valence-electron chi connectivity index (χ0n) is 15.9. The fourth-order valence-corrected chi connectivity index (χ4v) is 2.64. The summed E-state index contributed by atoms with van der Waals surface area (Å²) in [6.45, 7) is 9.46. The van der Waals surface area contributed by atoms with Crippen LogP contribution in [0.4, 0.5) is 4.39 Å². The van der Waals surface area contributed by atoms with Gasteiger partial charge in [-0.15, -0.1) is 5.10 Å². The second-order valence-corrected chi connectivity index (χ2v) is 7.36. The van der Waals surface area contributed by atoms with E-state index < -0.39 is 24.0 Å². The molecular weight excluding hydrogens is 336 g/mol. The van der Waals surface area contributed by atoms with Gasteiger partial charge in [-0.05, 0) is 64.5 Å². The standard InChI is InChI=1S/C18H23BFN3O3/c1-12-9-14(24-6)7-8-15(12)23-11-13(21-22-23)10-16(20)19-25-17(2,3)18(4,5)26-19/h7-11H,1-6H3. The van der Waals surface area contributed by atoms with Gasteiger partial charge in [-0.2, -0.15) is 0 Å². The average molecular weight is 359 g/mol. The zero-order chi connectivity index (χ0) is 19.1. The summed E-state index contributed by atoms with van der Waals surface area (Å²) in [4.78, 5) is 0. The van der Waals surface area contributed by atoms with Crippen molar-refractivity contribution in [3.05, 3.63) is 41.4 Å². The molecule has 1 aromatic carbocycles. The molecule has 1 saturated heterocycles. The summed E-state index contributed by atoms with van der Waals surface area (Å²) in [5.41, 5.74) is 0.459. The normalized spacial score (nSPS) is 19.0. The number of hydrogen-bond donors (Lipinski definition) is 0. The van der Waals surface area contributed by atoms with E-state index in [1.807, 2.05) is 52.8 Å². The summed E-state index contributed by atoms with van der Waals surface area (Å²) < 4.78 is 32.8. The maximum Gasteiger partial charge on any atom is 0.525 e. The summed E-state index contributed by atoms with van der Waals surface area (Å²) in [7, 11) is 0.568. The van der Waals surface area contributed by atoms with Gasteiger partial charge in [0.15, 0.2) is 0 Å². The average Bonchev–Trinajstić information content (AvgIpc) is 3.09. The largest absolute Gasteiger partial charge is 0.525 e. The van der Waals surface area contributed by atoms with Gasteiger partial charge in [-0.1, -0.05) is 5.21 Å². The highest BCUT2D eigenvalue weighted by Gasteiger charge is 2.53. The molecule has 0 bridgehead atoms. The van der Waals surface area contributed by atoms with E-state index in [0.29, 0.717) is 5.69 Å². The van der Waals surface area contributed by atoms with Crippen LogP contribution in [0.5, 0.6) is 5.75 Å². The lowest BCUT2D eigenvalue weighted by atomic mass is 9.87. The minimum Gasteiger partial charge on any atom is -0.497 e. The lowest BCUT2D eigenvalue weighted by Crippen LogP contribution is -2.41. The molecule has 3 rings (SSSR count). The van der Waals surface area contributed by atoms with Crippen molar-refractivity contribution >= 4 is 13.2 Å². The number of benzene rings is 1. The Hall–Kier alpha value is -2.19. The number of aromatic nitrogens is 3. The van der Waals surface area contributed by atoms with Crippen molar-refractivity contribution in [1.82, 2.24) is 15.0 Å². The second-order valence-electron chi connectivity index (χ2n) is 7.36. The molecule has 1 aromatic heterocycles. The molecule has 2 aromatic rings. The molecule has 8 heteroatoms. The summed E-state index contributed by atoms with van der Waals surface area (Å²) >= 11 is 0. The SMILES string of the molecule is COc1ccc(-n2cc(C=C(F)B3OC(C)(C)C(C)(C)O3)nn2)c(C)c1. The van der Waals surface area contributed by atoms with E-state index >= 15 is 0 Å². The van der Waals surface area contributed by atoms with E-state index in [1.165, 1.54) is 6.08 Å². The second kappa shape index (κ2) is 6.52. The molecule has 0 atom stereocenters. The highest BCUT2D eigenvalue weighted by atomic mass is 19.1. The molecular formula is C18H23BFN3O3. The minimum atomic E-state index is -1.05. The highest BCUT2D eigenvalue weighted by Crippen LogP contribution is 2.39. The van der Waals surface area contributed by atoms with Crippen molar-refractivity contribution in [1.29, 1.82) is 0 Å². The van der Waals surface area contributed by atoms with Crippen molar-refractivity contribution in [2.75, 3.05) is 7.11 Å². The Balaban J connectivity index is 1.81. The van der Waals surface area contributed by atoms with Crippen molar-refractivity contribution in [3.8, 4) is 11.4 Å². The van der Waals surface area contributed by atoms with Crippen LogP contribution < -0.4 is 4.74 Å². The number of aryl methyl sites for hydroxylation is 1. The predicted octanol–water partition coefficient (Wildman–Crippen LogP) is 3.53. The van der Waals surface area contributed by atoms with Crippen molar-refractivity contribution in [2.45, 2.75) is 45.8 Å². The van der Waals surface area contributed by atoms with Crippen LogP contribution in [0.2, 0.25) is 0 Å². The van der Waals surface area contributed by atoms with Crippen molar-refractivity contribution in [2.24, 2.45) is 0 Å². The Bertz CT molecular complexity index is 832. The number of halogens is 1. The summed E-state index contributed by atoms with van der Waals surface area (Å²) in [5, 5.41) is 8.09. The van der Waals surface area contributed by atoms with Crippen LogP contribution in [0.25, 0.3) is 11.8 Å². The smallest absolute Gasteiger partial charge is 0.497 e. The first kappa shape index (κ1) is 18.6. The molecule has 1 aliphatic heterocycles. The van der Waals surface area contributed by atoms with Crippen LogP contribution in [0.1, 0.15) is 39.0 Å². The molecule has 26 heavy (non-hydrogen) atoms. The molecule has 0 unspecified atom stereocenters. The predicted molar refractivity (Wildman–Crippen MR) is 97.8 cm³/mol. The Morgan fingerprint density at radius 1 is 1.23 bits per heavy atom. The van der Waals surface area contributed by atoms with Gasteiger partial charge < -0.3 is 14.0 Å². The van der Waals surface area contributed by atoms with E-state index in [-0.39, 0.29) is 0 Å². The molecule has 138 valence electrons. The third-order valence-electron chi connectivity index (χ3n) is 4.93. The van der Waals surface area contributed by atoms with Crippen LogP contribution in [0, 0.1) is 6.92 Å². The fraction of sp³-hybridized carbons (Fsp3) is 0.444. The number of hydrogen-bond acceptors (Lipinski definition) is 5. The van der Waals surface area contributed by atoms with Crippen molar-refractivity contribution < 1.29 is 18.4 Å². The van der Waals surface area contributed by atoms with Crippen LogP contribution in [-0.2, 0) is 9.31 Å². The molecule has 0 aliphatic carbocycles. The van der Waals surface area contributed by atoms with E-state index in [9.17, 15) is 4.39 Å². The minimum absolute atomic E-state index is 0.382. The Kier molecular flexibility index (Phi) is 4.66. The molecule has 0 radical (unpaired) electrons. The van der Waals surface area contributed by atoms with Gasteiger partial charge in [0.1, 0.15) is 17.2 Å². The first-order valence-corrected chi connectivity index (χ1v) is 8.43. The lowest BCUT2D eigenvalue weighted by Gasteiger charge is -2.32. The van der Waals surface area contributed by atoms with E-state index in [2.05, 4.69) is 10.3 Å². The molecule has 1 fully saturated rings. The number of methoxy groups -OCH3 is 1. The van der Waals surface area contributed by atoms with Gasteiger partial charge >= 0.3 is 7.12 Å². The summed E-state index contributed by atoms with van der Waals surface area (Å²) in [6, 6.07) is 5.61. The number of rotatable bonds is 4. The fourth-order valence-electron chi connectivity index (χ4n) is 2.64. The van der Waals surface area contributed by atoms with E-state index in [0.717, 1.165) is 17.0 Å². The lowest BCUT2D eigenvalue weighted by molar-refractivity contribution is 0.00578. The first-order valence-electron chi connectivity index (χ1n) is 8.43. The van der Waals surface area contributed by atoms with Gasteiger partial charge in [0.2, 0.25) is 0 Å². The molecule has 0 saturated carbocycles. The van der Waals surface area contributed by atoms with E-state index in [4.69, 9.17) is 14.0 Å². The number of nitrogens with zero attached hydrogens (tertiary/aromatic N) is 3. The Morgan fingerprint density at radius 3 is 2.46 bits per heavy atom. The molecule has 0 spiro atoms. The van der Waals surface area contributed by atoms with Crippen LogP contribution in [-0.4, -0.2) is 40.4 Å². The Morgan fingerprint density at radius 2 is 1.88 bits per heavy atom. The van der Waals surface area contributed by atoms with Crippen molar-refractivity contribution in [3.63, 3.8) is 0 Å². The molecule has 1 aliphatic rings. The molecule has 2 heterocycles. The quantitative estimate of drug-likeness (QED) is 0.782. The third kappa shape index (κ3) is 3.39. The van der Waals surface area contributed by atoms with Crippen LogP contribution in [0.3, 0.4) is 0 Å². The van der Waals surface area contributed by atoms with Gasteiger partial charge in [0, 0.05) is 0 Å². The number of ether oxygens (including phenoxy) is 1. The monoisotopic (exact) mass is 359 g/mol. The first-order chi connectivity index (χ1) is 12.1.